The van der Waals surface area contributed by atoms with Crippen LogP contribution in [-0.4, -0.2) is 20.3 Å². The van der Waals surface area contributed by atoms with E-state index in [4.69, 9.17) is 0 Å². The molecule has 0 saturated heterocycles. The zero-order valence-electron chi connectivity index (χ0n) is 11.1. The molecule has 0 fully saturated rings. The van der Waals surface area contributed by atoms with Gasteiger partial charge in [0.2, 0.25) is 0 Å². The third-order valence-corrected chi connectivity index (χ3v) is 3.05. The number of rotatable bonds is 3. The van der Waals surface area contributed by atoms with Crippen LogP contribution in [0.25, 0.3) is 5.65 Å². The molecule has 1 N–H and O–H groups in total. The largest absolute Gasteiger partial charge is 0.346 e. The topological polar surface area (TPSA) is 59.3 Å². The van der Waals surface area contributed by atoms with Gasteiger partial charge >= 0.3 is 0 Å². The average Bonchev–Trinajstić information content (AvgIpc) is 2.93. The Morgan fingerprint density at radius 3 is 2.95 bits per heavy atom. The molecule has 3 aromatic rings. The second kappa shape index (κ2) is 5.13. The SMILES string of the molecule is Cc1ccc(CNC(=O)c2ccc3nccn3c2)nc1. The maximum Gasteiger partial charge on any atom is 0.253 e. The molecule has 0 bridgehead atoms. The first-order valence-electron chi connectivity index (χ1n) is 6.35. The van der Waals surface area contributed by atoms with Crippen LogP contribution in [0.3, 0.4) is 0 Å². The number of nitrogens with one attached hydrogen (secondary N) is 1. The molecule has 100 valence electrons. The van der Waals surface area contributed by atoms with Gasteiger partial charge in [-0.3, -0.25) is 9.78 Å². The Bertz CT molecular complexity index is 746. The normalized spacial score (nSPS) is 10.7. The lowest BCUT2D eigenvalue weighted by molar-refractivity contribution is 0.0950. The number of hydrogen-bond acceptors (Lipinski definition) is 3. The number of aromatic nitrogens is 3. The van der Waals surface area contributed by atoms with Gasteiger partial charge in [0.05, 0.1) is 17.8 Å². The van der Waals surface area contributed by atoms with Crippen LogP contribution < -0.4 is 5.32 Å². The van der Waals surface area contributed by atoms with Crippen molar-refractivity contribution in [2.75, 3.05) is 0 Å². The molecular formula is C15H14N4O. The Hall–Kier alpha value is -2.69. The maximum absolute atomic E-state index is 12.1. The molecule has 0 unspecified atom stereocenters. The zero-order valence-corrected chi connectivity index (χ0v) is 11.1. The number of imidazole rings is 1. The lowest BCUT2D eigenvalue weighted by atomic mass is 10.2. The summed E-state index contributed by atoms with van der Waals surface area (Å²) in [5.74, 6) is -0.122. The molecule has 0 spiro atoms. The van der Waals surface area contributed by atoms with Crippen molar-refractivity contribution in [2.24, 2.45) is 0 Å². The van der Waals surface area contributed by atoms with Crippen molar-refractivity contribution in [2.45, 2.75) is 13.5 Å². The van der Waals surface area contributed by atoms with Crippen LogP contribution in [0.1, 0.15) is 21.6 Å². The highest BCUT2D eigenvalue weighted by molar-refractivity contribution is 5.94. The first kappa shape index (κ1) is 12.3. The first-order valence-corrected chi connectivity index (χ1v) is 6.35. The summed E-state index contributed by atoms with van der Waals surface area (Å²) in [6.07, 6.45) is 7.07. The van der Waals surface area contributed by atoms with Gasteiger partial charge in [0, 0.05) is 24.8 Å². The van der Waals surface area contributed by atoms with E-state index in [0.717, 1.165) is 16.9 Å². The molecule has 3 heterocycles. The first-order chi connectivity index (χ1) is 9.72. The molecule has 3 rings (SSSR count). The van der Waals surface area contributed by atoms with Gasteiger partial charge in [-0.25, -0.2) is 4.98 Å². The summed E-state index contributed by atoms with van der Waals surface area (Å²) in [5.41, 5.74) is 3.36. The highest BCUT2D eigenvalue weighted by Gasteiger charge is 2.06. The van der Waals surface area contributed by atoms with E-state index < -0.39 is 0 Å². The van der Waals surface area contributed by atoms with Crippen LogP contribution in [0.2, 0.25) is 0 Å². The Balaban J connectivity index is 1.70. The van der Waals surface area contributed by atoms with Gasteiger partial charge < -0.3 is 9.72 Å². The van der Waals surface area contributed by atoms with Crippen LogP contribution in [0, 0.1) is 6.92 Å². The fourth-order valence-corrected chi connectivity index (χ4v) is 1.93. The van der Waals surface area contributed by atoms with E-state index in [2.05, 4.69) is 15.3 Å². The number of nitrogens with zero attached hydrogens (tertiary/aromatic N) is 3. The van der Waals surface area contributed by atoms with Crippen LogP contribution in [0.4, 0.5) is 0 Å². The molecule has 3 aromatic heterocycles. The van der Waals surface area contributed by atoms with Crippen molar-refractivity contribution in [1.82, 2.24) is 19.7 Å². The Labute approximate surface area is 116 Å². The van der Waals surface area contributed by atoms with E-state index in [1.807, 2.05) is 35.7 Å². The number of carbonyl (C=O) groups excluding carboxylic acids is 1. The summed E-state index contributed by atoms with van der Waals surface area (Å²) in [7, 11) is 0. The van der Waals surface area contributed by atoms with Gasteiger partial charge in [0.1, 0.15) is 5.65 Å². The number of hydrogen-bond donors (Lipinski definition) is 1. The van der Waals surface area contributed by atoms with E-state index in [-0.39, 0.29) is 5.91 Å². The van der Waals surface area contributed by atoms with Crippen LogP contribution in [0.15, 0.2) is 49.1 Å². The van der Waals surface area contributed by atoms with Crippen molar-refractivity contribution in [3.05, 3.63) is 65.9 Å². The predicted octanol–water partition coefficient (Wildman–Crippen LogP) is 1.97. The van der Waals surface area contributed by atoms with E-state index >= 15 is 0 Å². The minimum atomic E-state index is -0.122. The Kier molecular flexibility index (Phi) is 3.16. The number of pyridine rings is 2. The zero-order chi connectivity index (χ0) is 13.9. The summed E-state index contributed by atoms with van der Waals surface area (Å²) in [6.45, 7) is 2.40. The van der Waals surface area contributed by atoms with E-state index in [0.29, 0.717) is 12.1 Å². The van der Waals surface area contributed by atoms with Crippen molar-refractivity contribution in [3.63, 3.8) is 0 Å². The van der Waals surface area contributed by atoms with Crippen molar-refractivity contribution >= 4 is 11.6 Å². The molecule has 5 heteroatoms. The smallest absolute Gasteiger partial charge is 0.253 e. The van der Waals surface area contributed by atoms with Crippen molar-refractivity contribution in [3.8, 4) is 0 Å². The molecular weight excluding hydrogens is 252 g/mol. The molecule has 0 aliphatic carbocycles. The summed E-state index contributed by atoms with van der Waals surface area (Å²) in [5, 5.41) is 2.86. The molecule has 0 atom stereocenters. The standard InChI is InChI=1S/C15H14N4O/c1-11-2-4-13(17-8-11)9-18-15(20)12-3-5-14-16-6-7-19(14)10-12/h2-8,10H,9H2,1H3,(H,18,20). The highest BCUT2D eigenvalue weighted by Crippen LogP contribution is 2.05. The molecule has 0 aliphatic rings. The Morgan fingerprint density at radius 2 is 2.15 bits per heavy atom. The number of aryl methyl sites for hydroxylation is 1. The lowest BCUT2D eigenvalue weighted by Gasteiger charge is -2.05. The second-order valence-corrected chi connectivity index (χ2v) is 4.62. The lowest BCUT2D eigenvalue weighted by Crippen LogP contribution is -2.23. The summed E-state index contributed by atoms with van der Waals surface area (Å²) in [4.78, 5) is 20.5. The molecule has 0 radical (unpaired) electrons. The summed E-state index contributed by atoms with van der Waals surface area (Å²) < 4.78 is 1.82. The molecule has 20 heavy (non-hydrogen) atoms. The van der Waals surface area contributed by atoms with Crippen molar-refractivity contribution in [1.29, 1.82) is 0 Å². The van der Waals surface area contributed by atoms with Crippen LogP contribution in [-0.2, 0) is 6.54 Å². The number of amides is 1. The number of fused-ring (bicyclic) bond motifs is 1. The summed E-state index contributed by atoms with van der Waals surface area (Å²) in [6, 6.07) is 7.47. The van der Waals surface area contributed by atoms with Crippen LogP contribution >= 0.6 is 0 Å². The van der Waals surface area contributed by atoms with Crippen molar-refractivity contribution < 1.29 is 4.79 Å². The average molecular weight is 266 g/mol. The maximum atomic E-state index is 12.1. The molecule has 0 saturated carbocycles. The summed E-state index contributed by atoms with van der Waals surface area (Å²) >= 11 is 0. The molecule has 5 nitrogen and oxygen atoms in total. The highest BCUT2D eigenvalue weighted by atomic mass is 16.1. The van der Waals surface area contributed by atoms with Gasteiger partial charge in [0.25, 0.3) is 5.91 Å². The monoisotopic (exact) mass is 266 g/mol. The van der Waals surface area contributed by atoms with Gasteiger partial charge in [-0.15, -0.1) is 0 Å². The minimum Gasteiger partial charge on any atom is -0.346 e. The van der Waals surface area contributed by atoms with Gasteiger partial charge in [-0.2, -0.15) is 0 Å². The van der Waals surface area contributed by atoms with Gasteiger partial charge in [-0.1, -0.05) is 6.07 Å². The predicted molar refractivity (Wildman–Crippen MR) is 75.3 cm³/mol. The van der Waals surface area contributed by atoms with E-state index in [9.17, 15) is 4.79 Å². The fourth-order valence-electron chi connectivity index (χ4n) is 1.93. The van der Waals surface area contributed by atoms with E-state index in [1.165, 1.54) is 0 Å². The molecule has 1 amide bonds. The van der Waals surface area contributed by atoms with Crippen LogP contribution in [0.5, 0.6) is 0 Å². The molecule has 0 aromatic carbocycles. The third kappa shape index (κ3) is 2.51. The fraction of sp³-hybridized carbons (Fsp3) is 0.133. The van der Waals surface area contributed by atoms with Gasteiger partial charge in [0.15, 0.2) is 0 Å². The van der Waals surface area contributed by atoms with E-state index in [1.54, 1.807) is 24.7 Å². The molecule has 0 aliphatic heterocycles. The second-order valence-electron chi connectivity index (χ2n) is 4.62. The quantitative estimate of drug-likeness (QED) is 0.788. The third-order valence-electron chi connectivity index (χ3n) is 3.05. The number of carbonyl (C=O) groups is 1. The minimum absolute atomic E-state index is 0.122. The van der Waals surface area contributed by atoms with Gasteiger partial charge in [-0.05, 0) is 30.7 Å². The Morgan fingerprint density at radius 1 is 1.25 bits per heavy atom.